The third kappa shape index (κ3) is 7.34. The predicted octanol–water partition coefficient (Wildman–Crippen LogP) is 5.32. The molecule has 3 rings (SSSR count). The van der Waals surface area contributed by atoms with Crippen LogP contribution in [0.4, 0.5) is 16.3 Å². The number of ether oxygens (including phenoxy) is 1. The minimum atomic E-state index is -0.405. The van der Waals surface area contributed by atoms with E-state index in [1.54, 1.807) is 36.1 Å². The van der Waals surface area contributed by atoms with Crippen molar-refractivity contribution in [1.82, 2.24) is 14.7 Å². The summed E-state index contributed by atoms with van der Waals surface area (Å²) in [5.74, 6) is 0.889. The van der Waals surface area contributed by atoms with E-state index in [-0.39, 0.29) is 17.9 Å². The van der Waals surface area contributed by atoms with Gasteiger partial charge in [-0.15, -0.1) is 0 Å². The second kappa shape index (κ2) is 12.1. The first-order valence-electron chi connectivity index (χ1n) is 12.3. The number of carbonyl (C=O) groups excluding carboxylic acids is 2. The van der Waals surface area contributed by atoms with Crippen LogP contribution in [0, 0.1) is 11.3 Å². The third-order valence-electron chi connectivity index (χ3n) is 5.71. The number of amides is 3. The normalized spacial score (nSPS) is 10.9. The van der Waals surface area contributed by atoms with Gasteiger partial charge in [-0.2, -0.15) is 10.4 Å². The van der Waals surface area contributed by atoms with Gasteiger partial charge in [-0.1, -0.05) is 40.2 Å². The average Bonchev–Trinajstić information content (AvgIpc) is 3.30. The number of benzene rings is 2. The molecule has 0 radical (unpaired) electrons. The van der Waals surface area contributed by atoms with E-state index >= 15 is 0 Å². The molecule has 0 spiro atoms. The van der Waals surface area contributed by atoms with E-state index < -0.39 is 6.03 Å². The standard InChI is InChI=1S/C28H34N6O3/c1-6-7-15-33(27(36)30-21-10-8-9-20(16-21)18-29)19-26(35)31-25-17-24(28(2,3)4)32-34(25)22-11-13-23(37-5)14-12-22/h8-14,16-17H,6-7,15,19H2,1-5H3,(H,30,36)(H,31,35). The predicted molar refractivity (Wildman–Crippen MR) is 144 cm³/mol. The average molecular weight is 503 g/mol. The summed E-state index contributed by atoms with van der Waals surface area (Å²) in [5, 5.41) is 19.6. The number of unbranched alkanes of at least 4 members (excludes halogenated alkanes) is 1. The van der Waals surface area contributed by atoms with Gasteiger partial charge in [-0.3, -0.25) is 4.79 Å². The lowest BCUT2D eigenvalue weighted by Gasteiger charge is -2.22. The van der Waals surface area contributed by atoms with E-state index in [0.29, 0.717) is 23.6 Å². The molecule has 2 N–H and O–H groups in total. The van der Waals surface area contributed by atoms with Gasteiger partial charge in [0.1, 0.15) is 18.1 Å². The van der Waals surface area contributed by atoms with Gasteiger partial charge in [0.2, 0.25) is 5.91 Å². The molecule has 3 aromatic rings. The Balaban J connectivity index is 1.81. The molecule has 0 aliphatic carbocycles. The molecule has 1 heterocycles. The number of hydrogen-bond acceptors (Lipinski definition) is 5. The van der Waals surface area contributed by atoms with Crippen LogP contribution in [0.1, 0.15) is 51.8 Å². The van der Waals surface area contributed by atoms with Crippen LogP contribution < -0.4 is 15.4 Å². The van der Waals surface area contributed by atoms with Crippen LogP contribution in [-0.4, -0.2) is 46.8 Å². The van der Waals surface area contributed by atoms with Crippen LogP contribution in [0.25, 0.3) is 5.69 Å². The number of rotatable bonds is 9. The summed E-state index contributed by atoms with van der Waals surface area (Å²) in [5.41, 5.74) is 2.29. The lowest BCUT2D eigenvalue weighted by atomic mass is 9.92. The quantitative estimate of drug-likeness (QED) is 0.411. The second-order valence-corrected chi connectivity index (χ2v) is 9.72. The molecule has 194 valence electrons. The summed E-state index contributed by atoms with van der Waals surface area (Å²) in [6.07, 6.45) is 1.62. The molecule has 3 amide bonds. The van der Waals surface area contributed by atoms with Crippen molar-refractivity contribution in [3.8, 4) is 17.5 Å². The smallest absolute Gasteiger partial charge is 0.322 e. The first-order valence-corrected chi connectivity index (χ1v) is 12.3. The molecule has 0 aliphatic heterocycles. The van der Waals surface area contributed by atoms with E-state index in [0.717, 1.165) is 30.0 Å². The number of nitrogens with zero attached hydrogens (tertiary/aromatic N) is 4. The Morgan fingerprint density at radius 3 is 2.46 bits per heavy atom. The zero-order valence-electron chi connectivity index (χ0n) is 22.0. The maximum absolute atomic E-state index is 13.1. The Bertz CT molecular complexity index is 1270. The molecule has 2 aromatic carbocycles. The Labute approximate surface area is 218 Å². The maximum Gasteiger partial charge on any atom is 0.322 e. The Morgan fingerprint density at radius 2 is 1.84 bits per heavy atom. The van der Waals surface area contributed by atoms with Crippen LogP contribution >= 0.6 is 0 Å². The number of aromatic nitrogens is 2. The number of methoxy groups -OCH3 is 1. The topological polar surface area (TPSA) is 112 Å². The van der Waals surface area contributed by atoms with Gasteiger partial charge in [0, 0.05) is 23.7 Å². The van der Waals surface area contributed by atoms with Crippen molar-refractivity contribution in [2.45, 2.75) is 46.0 Å². The third-order valence-corrected chi connectivity index (χ3v) is 5.71. The largest absolute Gasteiger partial charge is 0.497 e. The highest BCUT2D eigenvalue weighted by Crippen LogP contribution is 2.27. The van der Waals surface area contributed by atoms with Gasteiger partial charge in [0.25, 0.3) is 0 Å². The number of nitrogens with one attached hydrogen (secondary N) is 2. The zero-order chi connectivity index (χ0) is 27.0. The van der Waals surface area contributed by atoms with Crippen molar-refractivity contribution in [3.05, 3.63) is 65.9 Å². The van der Waals surface area contributed by atoms with Crippen molar-refractivity contribution >= 4 is 23.4 Å². The fourth-order valence-corrected chi connectivity index (χ4v) is 3.58. The van der Waals surface area contributed by atoms with Gasteiger partial charge < -0.3 is 20.3 Å². The molecule has 0 saturated heterocycles. The molecule has 0 bridgehead atoms. The molecule has 0 aliphatic rings. The summed E-state index contributed by atoms with van der Waals surface area (Å²) in [4.78, 5) is 27.6. The maximum atomic E-state index is 13.1. The molecule has 37 heavy (non-hydrogen) atoms. The summed E-state index contributed by atoms with van der Waals surface area (Å²) < 4.78 is 6.94. The first-order chi connectivity index (χ1) is 17.6. The molecular weight excluding hydrogens is 468 g/mol. The van der Waals surface area contributed by atoms with E-state index in [1.807, 2.05) is 37.3 Å². The highest BCUT2D eigenvalue weighted by molar-refractivity contribution is 5.96. The van der Waals surface area contributed by atoms with Crippen LogP contribution in [0.5, 0.6) is 5.75 Å². The van der Waals surface area contributed by atoms with Crippen molar-refractivity contribution in [2.75, 3.05) is 30.8 Å². The van der Waals surface area contributed by atoms with Crippen LogP contribution in [0.2, 0.25) is 0 Å². The van der Waals surface area contributed by atoms with Crippen LogP contribution in [-0.2, 0) is 10.2 Å². The lowest BCUT2D eigenvalue weighted by Crippen LogP contribution is -2.41. The molecule has 9 nitrogen and oxygen atoms in total. The van der Waals surface area contributed by atoms with E-state index in [2.05, 4.69) is 37.5 Å². The number of anilines is 2. The Kier molecular flexibility index (Phi) is 8.90. The number of hydrogen-bond donors (Lipinski definition) is 2. The second-order valence-electron chi connectivity index (χ2n) is 9.72. The minimum absolute atomic E-state index is 0.136. The van der Waals surface area contributed by atoms with Gasteiger partial charge in [-0.05, 0) is 48.9 Å². The molecular formula is C28H34N6O3. The summed E-state index contributed by atoms with van der Waals surface area (Å²) in [6, 6.07) is 17.6. The highest BCUT2D eigenvalue weighted by atomic mass is 16.5. The fraction of sp³-hybridized carbons (Fsp3) is 0.357. The molecule has 0 fully saturated rings. The lowest BCUT2D eigenvalue weighted by molar-refractivity contribution is -0.116. The van der Waals surface area contributed by atoms with E-state index in [1.165, 1.54) is 4.90 Å². The number of urea groups is 1. The van der Waals surface area contributed by atoms with Gasteiger partial charge in [0.05, 0.1) is 30.1 Å². The fourth-order valence-electron chi connectivity index (χ4n) is 3.58. The summed E-state index contributed by atoms with van der Waals surface area (Å²) in [7, 11) is 1.60. The minimum Gasteiger partial charge on any atom is -0.497 e. The molecule has 0 saturated carbocycles. The number of nitriles is 1. The number of carbonyl (C=O) groups is 2. The Morgan fingerprint density at radius 1 is 1.11 bits per heavy atom. The SMILES string of the molecule is CCCCN(CC(=O)Nc1cc(C(C)(C)C)nn1-c1ccc(OC)cc1)C(=O)Nc1cccc(C#N)c1. The monoisotopic (exact) mass is 502 g/mol. The van der Waals surface area contributed by atoms with Crippen LogP contribution in [0.3, 0.4) is 0 Å². The van der Waals surface area contributed by atoms with Gasteiger partial charge in [-0.25, -0.2) is 9.48 Å². The highest BCUT2D eigenvalue weighted by Gasteiger charge is 2.23. The van der Waals surface area contributed by atoms with Crippen LogP contribution in [0.15, 0.2) is 54.6 Å². The summed E-state index contributed by atoms with van der Waals surface area (Å²) >= 11 is 0. The molecule has 9 heteroatoms. The first kappa shape index (κ1) is 27.3. The Hall–Kier alpha value is -4.32. The van der Waals surface area contributed by atoms with Gasteiger partial charge >= 0.3 is 6.03 Å². The molecule has 0 unspecified atom stereocenters. The van der Waals surface area contributed by atoms with Crippen molar-refractivity contribution < 1.29 is 14.3 Å². The molecule has 0 atom stereocenters. The van der Waals surface area contributed by atoms with E-state index in [9.17, 15) is 9.59 Å². The zero-order valence-corrected chi connectivity index (χ0v) is 22.0. The summed E-state index contributed by atoms with van der Waals surface area (Å²) in [6.45, 7) is 8.46. The van der Waals surface area contributed by atoms with Crippen molar-refractivity contribution in [2.24, 2.45) is 0 Å². The van der Waals surface area contributed by atoms with E-state index in [4.69, 9.17) is 15.1 Å². The van der Waals surface area contributed by atoms with Crippen molar-refractivity contribution in [1.29, 1.82) is 5.26 Å². The van der Waals surface area contributed by atoms with Crippen molar-refractivity contribution in [3.63, 3.8) is 0 Å². The molecule has 1 aromatic heterocycles. The van der Waals surface area contributed by atoms with Gasteiger partial charge in [0.15, 0.2) is 0 Å².